The molecule has 2 aromatic heterocycles. The molecule has 4 aliphatic heterocycles. The first-order chi connectivity index (χ1) is 41.2. The number of carbonyl (C=O) groups excluding carboxylic acids is 1. The molecule has 92 heavy (non-hydrogen) atoms. The minimum absolute atomic E-state index is 0. The van der Waals surface area contributed by atoms with Crippen molar-refractivity contribution in [3.63, 3.8) is 0 Å². The van der Waals surface area contributed by atoms with Crippen LogP contribution in [0, 0.1) is 13.8 Å². The number of carboxylic acids is 3. The maximum atomic E-state index is 10.6. The number of aliphatic carboxylic acids is 3. The van der Waals surface area contributed by atoms with Crippen LogP contribution >= 0.6 is 23.2 Å². The first kappa shape index (κ1) is 84.3. The van der Waals surface area contributed by atoms with Crippen molar-refractivity contribution in [1.29, 1.82) is 0 Å². The SMILES string of the molecule is C.C.CC(C)=O.CO.Cc1nnn2c1-c1ccc(C3=CCN(C(C)C)CC3)cc1C(Nc1cccc(Cl)c1)CC2.Cc1nnn2c1-c1ccc(C3=CCNCC3)cc1C(Nc1cccc(Cl)c1)CC2.O=C(O)C(F)(F)F.O=C(O)C(F)(F)F.O=C(O)C(F)(F)F.[B].[B]. The molecule has 0 bridgehead atoms. The lowest BCUT2D eigenvalue weighted by atomic mass is 9.90. The van der Waals surface area contributed by atoms with Gasteiger partial charge in [-0.25, -0.2) is 23.7 Å². The molecular formula is C61H75B2Cl2F9N10O8. The van der Waals surface area contributed by atoms with Gasteiger partial charge in [0.15, 0.2) is 0 Å². The van der Waals surface area contributed by atoms with Crippen molar-refractivity contribution in [1.82, 2.24) is 40.2 Å². The van der Waals surface area contributed by atoms with E-state index < -0.39 is 36.4 Å². The highest BCUT2D eigenvalue weighted by molar-refractivity contribution is 6.31. The molecule has 0 saturated heterocycles. The van der Waals surface area contributed by atoms with Gasteiger partial charge in [-0.1, -0.05) is 97.0 Å². The molecule has 2 atom stereocenters. The number of carboxylic acid groups (broad SMARTS) is 3. The Labute approximate surface area is 542 Å². The number of nitrogens with one attached hydrogen (secondary N) is 3. The quantitative estimate of drug-likeness (QED) is 0.0580. The standard InChI is InChI=1S/C26H30ClN5.C23H24ClN5.C3H6O.3C2HF3O2.CH4O.2CH4.2B/c1-17(2)31-12-9-19(10-13-31)20-7-8-23-24(15-20)25(28-22-6-4-5-21(27)16-22)11-14-32-26(23)18(3)29-30-32;1-15-23-20-6-5-17(16-7-10-25-11-8-16)13-21(20)22(9-12-29(23)28-27-15)26-19-4-2-3-18(24)14-19;1-3(2)4;3*3-2(4,5)1(6)7;1-2;;;;/h4-9,15-17,25,28H,10-14H2,1-3H3;2-7,13-14,22,25-26H,8-12H2,1H3;1-2H3;3*(H,6,7);2H,1H3;2*1H4;;. The summed E-state index contributed by atoms with van der Waals surface area (Å²) in [5.74, 6) is -8.10. The third-order valence-electron chi connectivity index (χ3n) is 13.3. The second-order valence-electron chi connectivity index (χ2n) is 20.2. The van der Waals surface area contributed by atoms with Crippen LogP contribution in [0.15, 0.2) is 97.1 Å². The molecule has 0 saturated carbocycles. The summed E-state index contributed by atoms with van der Waals surface area (Å²) < 4.78 is 99.3. The van der Waals surface area contributed by atoms with Crippen molar-refractivity contribution in [2.75, 3.05) is 43.9 Å². The van der Waals surface area contributed by atoms with Gasteiger partial charge >= 0.3 is 36.4 Å². The number of benzene rings is 4. The molecule has 500 valence electrons. The van der Waals surface area contributed by atoms with Crippen LogP contribution in [0.3, 0.4) is 0 Å². The van der Waals surface area contributed by atoms with Gasteiger partial charge in [-0.15, -0.1) is 10.2 Å². The van der Waals surface area contributed by atoms with E-state index in [4.69, 9.17) is 58.0 Å². The Morgan fingerprint density at radius 2 is 0.967 bits per heavy atom. The summed E-state index contributed by atoms with van der Waals surface area (Å²) in [5.41, 5.74) is 16.8. The maximum absolute atomic E-state index is 10.6. The predicted octanol–water partition coefficient (Wildman–Crippen LogP) is 13.4. The van der Waals surface area contributed by atoms with Crippen LogP contribution in [0.25, 0.3) is 33.7 Å². The topological polar surface area (TPSA) is 250 Å². The van der Waals surface area contributed by atoms with E-state index in [0.29, 0.717) is 6.04 Å². The van der Waals surface area contributed by atoms with Gasteiger partial charge in [0.2, 0.25) is 0 Å². The fourth-order valence-electron chi connectivity index (χ4n) is 9.29. The number of Topliss-reactive ketones (excluding diaryl/α,β-unsaturated/α-hetero) is 1. The molecule has 4 aliphatic rings. The highest BCUT2D eigenvalue weighted by Gasteiger charge is 2.40. The number of halogens is 11. The summed E-state index contributed by atoms with van der Waals surface area (Å²) in [6.07, 6.45) is -6.54. The van der Waals surface area contributed by atoms with Crippen molar-refractivity contribution in [3.8, 4) is 22.5 Å². The van der Waals surface area contributed by atoms with Gasteiger partial charge in [0.05, 0.1) is 34.9 Å². The first-order valence-electron chi connectivity index (χ1n) is 27.0. The number of alkyl halides is 9. The summed E-state index contributed by atoms with van der Waals surface area (Å²) in [6, 6.07) is 30.6. The lowest BCUT2D eigenvalue weighted by molar-refractivity contribution is -0.193. The van der Waals surface area contributed by atoms with E-state index >= 15 is 0 Å². The zero-order valence-electron chi connectivity index (χ0n) is 49.9. The number of aromatic nitrogens is 6. The predicted molar refractivity (Wildman–Crippen MR) is 341 cm³/mol. The number of hydrogen-bond acceptors (Lipinski definition) is 13. The number of fused-ring (bicyclic) bond motifs is 6. The highest BCUT2D eigenvalue weighted by atomic mass is 35.5. The Kier molecular flexibility index (Phi) is 35.1. The highest BCUT2D eigenvalue weighted by Crippen LogP contribution is 2.41. The Morgan fingerprint density at radius 1 is 0.598 bits per heavy atom. The van der Waals surface area contributed by atoms with Crippen LogP contribution in [0.5, 0.6) is 0 Å². The average Bonchev–Trinajstić information content (AvgIpc) is 1.64. The minimum Gasteiger partial charge on any atom is -0.475 e. The summed E-state index contributed by atoms with van der Waals surface area (Å²) in [4.78, 5) is 38.6. The monoisotopic (exact) mass is 1340 g/mol. The van der Waals surface area contributed by atoms with Crippen molar-refractivity contribution in [2.24, 2.45) is 0 Å². The molecule has 10 rings (SSSR count). The molecule has 0 fully saturated rings. The van der Waals surface area contributed by atoms with Crippen LogP contribution in [0.2, 0.25) is 10.0 Å². The van der Waals surface area contributed by atoms with E-state index in [1.54, 1.807) is 0 Å². The number of ketones is 1. The lowest BCUT2D eigenvalue weighted by Crippen LogP contribution is -2.34. The van der Waals surface area contributed by atoms with Gasteiger partial charge in [0, 0.05) is 95.2 Å². The fourth-order valence-corrected chi connectivity index (χ4v) is 9.67. The molecule has 7 N–H and O–H groups in total. The number of nitrogens with zero attached hydrogens (tertiary/aromatic N) is 7. The first-order valence-corrected chi connectivity index (χ1v) is 27.8. The molecule has 18 nitrogen and oxygen atoms in total. The number of aryl methyl sites for hydroxylation is 4. The molecule has 0 amide bonds. The number of anilines is 2. The summed E-state index contributed by atoms with van der Waals surface area (Å²) in [5, 5.41) is 58.2. The van der Waals surface area contributed by atoms with Gasteiger partial charge < -0.3 is 41.2 Å². The van der Waals surface area contributed by atoms with E-state index in [2.05, 4.69) is 116 Å². The zero-order chi connectivity index (χ0) is 65.8. The van der Waals surface area contributed by atoms with Crippen LogP contribution in [0.4, 0.5) is 50.9 Å². The van der Waals surface area contributed by atoms with E-state index in [0.717, 1.165) is 116 Å². The molecule has 4 aromatic carbocycles. The van der Waals surface area contributed by atoms with Gasteiger partial charge in [-0.2, -0.15) is 39.5 Å². The van der Waals surface area contributed by atoms with Crippen molar-refractivity contribution < 1.29 is 79.1 Å². The number of aliphatic hydroxyl groups is 1. The van der Waals surface area contributed by atoms with Gasteiger partial charge in [-0.3, -0.25) is 4.90 Å². The largest absolute Gasteiger partial charge is 0.490 e. The van der Waals surface area contributed by atoms with Crippen LogP contribution < -0.4 is 16.0 Å². The minimum atomic E-state index is -5.08. The maximum Gasteiger partial charge on any atom is 0.490 e. The summed E-state index contributed by atoms with van der Waals surface area (Å²) in [6.45, 7) is 17.4. The normalized spacial score (nSPS) is 15.2. The molecular weight excluding hydrogens is 1260 g/mol. The Balaban J connectivity index is 0.00000126. The molecule has 31 heteroatoms. The van der Waals surface area contributed by atoms with Crippen LogP contribution in [-0.4, -0.2) is 154 Å². The van der Waals surface area contributed by atoms with Crippen molar-refractivity contribution in [2.45, 2.75) is 132 Å². The Bertz CT molecular complexity index is 3360. The molecule has 2 unspecified atom stereocenters. The molecule has 0 spiro atoms. The van der Waals surface area contributed by atoms with Crippen LogP contribution in [-0.2, 0) is 32.3 Å². The second-order valence-corrected chi connectivity index (χ2v) is 21.0. The average molecular weight is 1340 g/mol. The van der Waals surface area contributed by atoms with Gasteiger partial charge in [0.1, 0.15) is 5.78 Å². The number of carbonyl (C=O) groups is 4. The number of rotatable bonds is 7. The smallest absolute Gasteiger partial charge is 0.475 e. The molecule has 6 heterocycles. The summed E-state index contributed by atoms with van der Waals surface area (Å²) >= 11 is 12.5. The fraction of sp³-hybridized carbons (Fsp3) is 0.410. The Morgan fingerprint density at radius 3 is 1.27 bits per heavy atom. The third kappa shape index (κ3) is 25.4. The lowest BCUT2D eigenvalue weighted by Gasteiger charge is -2.30. The Hall–Kier alpha value is -7.72. The summed E-state index contributed by atoms with van der Waals surface area (Å²) in [7, 11) is 1.00. The van der Waals surface area contributed by atoms with E-state index in [9.17, 15) is 44.3 Å². The van der Waals surface area contributed by atoms with Gasteiger partial charge in [-0.05, 0) is 156 Å². The third-order valence-corrected chi connectivity index (χ3v) is 13.7. The molecule has 6 aromatic rings. The van der Waals surface area contributed by atoms with E-state index in [1.807, 2.05) is 59.6 Å². The number of aliphatic hydroxyl groups excluding tert-OH is 1. The van der Waals surface area contributed by atoms with Crippen molar-refractivity contribution in [3.05, 3.63) is 141 Å². The van der Waals surface area contributed by atoms with Crippen LogP contribution in [0.1, 0.15) is 114 Å². The molecule has 6 radical (unpaired) electrons. The van der Waals surface area contributed by atoms with Gasteiger partial charge in [0.25, 0.3) is 0 Å². The van der Waals surface area contributed by atoms with Crippen molar-refractivity contribution >= 4 is 86.2 Å². The molecule has 0 aliphatic carbocycles. The second kappa shape index (κ2) is 38.3. The van der Waals surface area contributed by atoms with E-state index in [-0.39, 0.29) is 49.5 Å². The zero-order valence-corrected chi connectivity index (χ0v) is 51.4. The van der Waals surface area contributed by atoms with E-state index in [1.165, 1.54) is 58.4 Å². The number of hydrogen-bond donors (Lipinski definition) is 7.